The molecule has 0 saturated heterocycles. The summed E-state index contributed by atoms with van der Waals surface area (Å²) in [4.78, 5) is 18.0. The van der Waals surface area contributed by atoms with Gasteiger partial charge in [0.1, 0.15) is 6.61 Å². The first kappa shape index (κ1) is 17.4. The Labute approximate surface area is 136 Å². The summed E-state index contributed by atoms with van der Waals surface area (Å²) in [5, 5.41) is 3.04. The first-order valence-corrected chi connectivity index (χ1v) is 7.87. The second kappa shape index (κ2) is 8.06. The molecule has 1 amide bonds. The van der Waals surface area contributed by atoms with E-state index in [9.17, 15) is 9.18 Å². The predicted octanol–water partition coefficient (Wildman–Crippen LogP) is 2.15. The number of nitrogens with one attached hydrogen (secondary N) is 1. The number of aromatic nitrogens is 1. The highest BCUT2D eigenvalue weighted by atomic mass is 19.1. The molecule has 0 radical (unpaired) electrons. The third kappa shape index (κ3) is 5.32. The van der Waals surface area contributed by atoms with E-state index in [1.54, 1.807) is 6.08 Å². The van der Waals surface area contributed by atoms with Gasteiger partial charge in [0.25, 0.3) is 0 Å². The van der Waals surface area contributed by atoms with Crippen molar-refractivity contribution < 1.29 is 13.9 Å². The van der Waals surface area contributed by atoms with Gasteiger partial charge in [0.15, 0.2) is 5.82 Å². The van der Waals surface area contributed by atoms with Crippen LogP contribution in [0.15, 0.2) is 30.5 Å². The van der Waals surface area contributed by atoms with Gasteiger partial charge in [0.2, 0.25) is 11.8 Å². The summed E-state index contributed by atoms with van der Waals surface area (Å²) in [5.41, 5.74) is -0.441. The molecule has 0 spiro atoms. The van der Waals surface area contributed by atoms with Crippen LogP contribution >= 0.6 is 0 Å². The van der Waals surface area contributed by atoms with Crippen molar-refractivity contribution >= 4 is 5.91 Å². The van der Waals surface area contributed by atoms with Crippen molar-refractivity contribution in [1.82, 2.24) is 15.2 Å². The molecule has 5 nitrogen and oxygen atoms in total. The summed E-state index contributed by atoms with van der Waals surface area (Å²) < 4.78 is 19.1. The zero-order valence-corrected chi connectivity index (χ0v) is 13.7. The van der Waals surface area contributed by atoms with Crippen LogP contribution < -0.4 is 10.1 Å². The van der Waals surface area contributed by atoms with Crippen LogP contribution in [0.25, 0.3) is 0 Å². The predicted molar refractivity (Wildman–Crippen MR) is 86.7 cm³/mol. The molecule has 1 N–H and O–H groups in total. The van der Waals surface area contributed by atoms with E-state index in [2.05, 4.69) is 10.3 Å². The van der Waals surface area contributed by atoms with E-state index in [0.717, 1.165) is 25.7 Å². The minimum atomic E-state index is -0.488. The summed E-state index contributed by atoms with van der Waals surface area (Å²) >= 11 is 0. The number of likely N-dealkylation sites (N-methyl/N-ethyl adjacent to an activating group) is 1. The van der Waals surface area contributed by atoms with Gasteiger partial charge in [-0.25, -0.2) is 9.37 Å². The fourth-order valence-electron chi connectivity index (χ4n) is 2.71. The number of hydrogen-bond acceptors (Lipinski definition) is 4. The van der Waals surface area contributed by atoms with Crippen molar-refractivity contribution in [2.45, 2.75) is 31.2 Å². The maximum absolute atomic E-state index is 13.6. The lowest BCUT2D eigenvalue weighted by molar-refractivity contribution is -0.118. The quantitative estimate of drug-likeness (QED) is 0.782. The maximum atomic E-state index is 13.6. The molecule has 0 aliphatic heterocycles. The van der Waals surface area contributed by atoms with Gasteiger partial charge in [-0.05, 0) is 39.1 Å². The molecule has 1 aliphatic carbocycles. The van der Waals surface area contributed by atoms with E-state index >= 15 is 0 Å². The highest BCUT2D eigenvalue weighted by Gasteiger charge is 2.36. The molecular weight excluding hydrogens is 297 g/mol. The Kier molecular flexibility index (Phi) is 6.10. The smallest absolute Gasteiger partial charge is 0.250 e. The fourth-order valence-corrected chi connectivity index (χ4v) is 2.71. The molecule has 1 aliphatic rings. The summed E-state index contributed by atoms with van der Waals surface area (Å²) in [6.45, 7) is 0.935. The Bertz CT molecular complexity index is 555. The number of nitrogens with zero attached hydrogens (tertiary/aromatic N) is 2. The Morgan fingerprint density at radius 3 is 2.87 bits per heavy atom. The second-order valence-corrected chi connectivity index (χ2v) is 6.22. The number of ether oxygens (including phenoxy) is 1. The Morgan fingerprint density at radius 2 is 2.22 bits per heavy atom. The van der Waals surface area contributed by atoms with E-state index < -0.39 is 11.4 Å². The molecule has 1 saturated carbocycles. The van der Waals surface area contributed by atoms with E-state index in [-0.39, 0.29) is 18.4 Å². The second-order valence-electron chi connectivity index (χ2n) is 6.22. The SMILES string of the molecule is CN(C)C/C=C/C(=O)NC1(COc2ncccc2F)CCCC1. The van der Waals surface area contributed by atoms with Crippen molar-refractivity contribution in [3.8, 4) is 5.88 Å². The van der Waals surface area contributed by atoms with Crippen LogP contribution in [0.1, 0.15) is 25.7 Å². The number of amides is 1. The molecule has 1 aromatic heterocycles. The maximum Gasteiger partial charge on any atom is 0.250 e. The number of carbonyl (C=O) groups excluding carboxylic acids is 1. The number of carbonyl (C=O) groups is 1. The first-order chi connectivity index (χ1) is 11.0. The van der Waals surface area contributed by atoms with Gasteiger partial charge in [-0.1, -0.05) is 18.9 Å². The third-order valence-electron chi connectivity index (χ3n) is 3.90. The molecule has 1 fully saturated rings. The number of hydrogen-bond donors (Lipinski definition) is 1. The van der Waals surface area contributed by atoms with Gasteiger partial charge in [0.05, 0.1) is 5.54 Å². The average Bonchev–Trinajstić information content (AvgIpc) is 2.95. The molecule has 6 heteroatoms. The molecule has 126 valence electrons. The lowest BCUT2D eigenvalue weighted by atomic mass is 9.98. The van der Waals surface area contributed by atoms with E-state index in [4.69, 9.17) is 4.74 Å². The molecule has 1 aromatic rings. The van der Waals surface area contributed by atoms with Gasteiger partial charge in [-0.2, -0.15) is 0 Å². The zero-order valence-electron chi connectivity index (χ0n) is 13.7. The highest BCUT2D eigenvalue weighted by molar-refractivity contribution is 5.88. The molecule has 1 heterocycles. The summed E-state index contributed by atoms with van der Waals surface area (Å²) in [5.74, 6) is -0.645. The largest absolute Gasteiger partial charge is 0.473 e. The van der Waals surface area contributed by atoms with Gasteiger partial charge in [0, 0.05) is 18.8 Å². The molecule has 23 heavy (non-hydrogen) atoms. The minimum Gasteiger partial charge on any atom is -0.473 e. The number of pyridine rings is 1. The van der Waals surface area contributed by atoms with E-state index in [0.29, 0.717) is 6.54 Å². The topological polar surface area (TPSA) is 54.5 Å². The highest BCUT2D eigenvalue weighted by Crippen LogP contribution is 2.30. The molecule has 0 bridgehead atoms. The average molecular weight is 321 g/mol. The van der Waals surface area contributed by atoms with Crippen LogP contribution in [-0.2, 0) is 4.79 Å². The Hall–Kier alpha value is -1.95. The Morgan fingerprint density at radius 1 is 1.48 bits per heavy atom. The van der Waals surface area contributed by atoms with Crippen LogP contribution in [0.4, 0.5) is 4.39 Å². The summed E-state index contributed by atoms with van der Waals surface area (Å²) in [7, 11) is 3.88. The van der Waals surface area contributed by atoms with Gasteiger partial charge in [-0.3, -0.25) is 4.79 Å². The molecule has 0 atom stereocenters. The number of rotatable bonds is 7. The van der Waals surface area contributed by atoms with Crippen LogP contribution in [0, 0.1) is 5.82 Å². The fraction of sp³-hybridized carbons (Fsp3) is 0.529. The zero-order chi connectivity index (χ0) is 16.7. The van der Waals surface area contributed by atoms with Crippen molar-refractivity contribution in [3.63, 3.8) is 0 Å². The van der Waals surface area contributed by atoms with E-state index in [1.807, 2.05) is 25.1 Å². The monoisotopic (exact) mass is 321 g/mol. The minimum absolute atomic E-state index is 0.0174. The lowest BCUT2D eigenvalue weighted by Crippen LogP contribution is -2.50. The molecular formula is C17H24FN3O2. The number of halogens is 1. The van der Waals surface area contributed by atoms with Crippen molar-refractivity contribution in [2.75, 3.05) is 27.2 Å². The summed E-state index contributed by atoms with van der Waals surface area (Å²) in [6, 6.07) is 2.83. The lowest BCUT2D eigenvalue weighted by Gasteiger charge is -2.29. The van der Waals surface area contributed by atoms with Crippen LogP contribution in [0.3, 0.4) is 0 Å². The van der Waals surface area contributed by atoms with Crippen LogP contribution in [-0.4, -0.2) is 48.6 Å². The van der Waals surface area contributed by atoms with Crippen LogP contribution in [0.5, 0.6) is 5.88 Å². The molecule has 2 rings (SSSR count). The molecule has 0 unspecified atom stereocenters. The van der Waals surface area contributed by atoms with Crippen molar-refractivity contribution in [2.24, 2.45) is 0 Å². The normalized spacial score (nSPS) is 16.9. The van der Waals surface area contributed by atoms with E-state index in [1.165, 1.54) is 18.3 Å². The van der Waals surface area contributed by atoms with Gasteiger partial charge >= 0.3 is 0 Å². The third-order valence-corrected chi connectivity index (χ3v) is 3.90. The standard InChI is InChI=1S/C17H24FN3O2/c1-21(2)12-6-8-15(22)20-17(9-3-4-10-17)13-23-16-14(18)7-5-11-19-16/h5-8,11H,3-4,9-10,12-13H2,1-2H3,(H,20,22)/b8-6+. The van der Waals surface area contributed by atoms with Crippen LogP contribution in [0.2, 0.25) is 0 Å². The van der Waals surface area contributed by atoms with Gasteiger partial charge < -0.3 is 15.0 Å². The Balaban J connectivity index is 1.95. The summed E-state index contributed by atoms with van der Waals surface area (Å²) in [6.07, 6.45) is 8.55. The van der Waals surface area contributed by atoms with Crippen molar-refractivity contribution in [1.29, 1.82) is 0 Å². The van der Waals surface area contributed by atoms with Gasteiger partial charge in [-0.15, -0.1) is 0 Å². The first-order valence-electron chi connectivity index (χ1n) is 7.87. The molecule has 0 aromatic carbocycles. The van der Waals surface area contributed by atoms with Crippen molar-refractivity contribution in [3.05, 3.63) is 36.3 Å².